The largest absolute Gasteiger partial charge is 0.493 e. The van der Waals surface area contributed by atoms with Crippen LogP contribution in [0.3, 0.4) is 0 Å². The fourth-order valence-electron chi connectivity index (χ4n) is 5.65. The Labute approximate surface area is 223 Å². The molecule has 0 aromatic heterocycles. The van der Waals surface area contributed by atoms with Crippen molar-refractivity contribution in [3.63, 3.8) is 0 Å². The van der Waals surface area contributed by atoms with E-state index in [1.165, 1.54) is 5.39 Å². The maximum absolute atomic E-state index is 13.9. The van der Waals surface area contributed by atoms with Crippen molar-refractivity contribution < 1.29 is 14.3 Å². The molecule has 0 saturated heterocycles. The van der Waals surface area contributed by atoms with E-state index in [1.807, 2.05) is 44.2 Å². The molecule has 0 bridgehead atoms. The van der Waals surface area contributed by atoms with Gasteiger partial charge in [-0.25, -0.2) is 0 Å². The van der Waals surface area contributed by atoms with Gasteiger partial charge in [-0.2, -0.15) is 0 Å². The quantitative estimate of drug-likeness (QED) is 0.293. The van der Waals surface area contributed by atoms with Crippen LogP contribution in [0.5, 0.6) is 11.5 Å². The molecule has 6 rings (SSSR count). The van der Waals surface area contributed by atoms with E-state index in [0.717, 1.165) is 51.3 Å². The van der Waals surface area contributed by atoms with Crippen molar-refractivity contribution >= 4 is 27.9 Å². The van der Waals surface area contributed by atoms with Crippen molar-refractivity contribution in [2.24, 2.45) is 0 Å². The second kappa shape index (κ2) is 9.90. The minimum absolute atomic E-state index is 0.0401. The first kappa shape index (κ1) is 24.1. The first-order valence-corrected chi connectivity index (χ1v) is 13.2. The lowest BCUT2D eigenvalue weighted by atomic mass is 9.78. The zero-order valence-corrected chi connectivity index (χ0v) is 22.0. The van der Waals surface area contributed by atoms with Crippen molar-refractivity contribution in [2.75, 3.05) is 17.7 Å². The highest BCUT2D eigenvalue weighted by Gasteiger charge is 2.36. The Kier molecular flexibility index (Phi) is 6.28. The number of fused-ring (bicyclic) bond motifs is 2. The number of anilines is 2. The predicted molar refractivity (Wildman–Crippen MR) is 153 cm³/mol. The van der Waals surface area contributed by atoms with Gasteiger partial charge in [-0.1, -0.05) is 54.6 Å². The third-order valence-electron chi connectivity index (χ3n) is 7.44. The van der Waals surface area contributed by atoms with Gasteiger partial charge in [-0.3, -0.25) is 4.79 Å². The molecule has 0 fully saturated rings. The number of ketones is 1. The van der Waals surface area contributed by atoms with Crippen LogP contribution in [0.4, 0.5) is 11.4 Å². The monoisotopic (exact) mass is 504 g/mol. The maximum atomic E-state index is 13.9. The number of ether oxygens (including phenoxy) is 2. The lowest BCUT2D eigenvalue weighted by molar-refractivity contribution is -0.116. The average molecular weight is 505 g/mol. The Morgan fingerprint density at radius 1 is 0.789 bits per heavy atom. The minimum Gasteiger partial charge on any atom is -0.493 e. The number of hydrogen-bond acceptors (Lipinski definition) is 5. The number of nitrogens with one attached hydrogen (secondary N) is 2. The number of rotatable bonds is 5. The number of Topliss-reactive ketones (excluding diaryl/α,β-unsaturated/α-hetero) is 1. The molecule has 5 nitrogen and oxygen atoms in total. The van der Waals surface area contributed by atoms with E-state index in [0.29, 0.717) is 12.2 Å². The van der Waals surface area contributed by atoms with Crippen molar-refractivity contribution in [1.82, 2.24) is 0 Å². The van der Waals surface area contributed by atoms with E-state index < -0.39 is 0 Å². The molecule has 2 aliphatic rings. The Balaban J connectivity index is 1.41. The molecule has 1 aliphatic carbocycles. The average Bonchev–Trinajstić information content (AvgIpc) is 3.09. The fraction of sp³-hybridized carbons (Fsp3) is 0.242. The van der Waals surface area contributed by atoms with Gasteiger partial charge in [0.1, 0.15) is 0 Å². The van der Waals surface area contributed by atoms with Gasteiger partial charge in [0.2, 0.25) is 0 Å². The van der Waals surface area contributed by atoms with Crippen LogP contribution in [0.1, 0.15) is 49.8 Å². The fourth-order valence-corrected chi connectivity index (χ4v) is 5.65. The number of carbonyl (C=O) groups excluding carboxylic acids is 1. The number of carbonyl (C=O) groups is 1. The number of allylic oxidation sites excluding steroid dienone is 1. The summed E-state index contributed by atoms with van der Waals surface area (Å²) in [6.07, 6.45) is 1.22. The lowest BCUT2D eigenvalue weighted by Crippen LogP contribution is -2.26. The van der Waals surface area contributed by atoms with Gasteiger partial charge in [0.05, 0.1) is 30.6 Å². The molecule has 2 unspecified atom stereocenters. The normalized spacial score (nSPS) is 18.8. The highest BCUT2D eigenvalue weighted by molar-refractivity contribution is 6.01. The molecule has 0 spiro atoms. The molecule has 0 saturated carbocycles. The summed E-state index contributed by atoms with van der Waals surface area (Å²) in [4.78, 5) is 13.9. The third kappa shape index (κ3) is 4.49. The number of benzene rings is 4. The molecule has 0 radical (unpaired) electrons. The molecule has 4 aromatic rings. The van der Waals surface area contributed by atoms with Crippen LogP contribution in [-0.4, -0.2) is 19.0 Å². The topological polar surface area (TPSA) is 59.6 Å². The van der Waals surface area contributed by atoms with Crippen LogP contribution in [0.2, 0.25) is 0 Å². The molecule has 0 amide bonds. The smallest absolute Gasteiger partial charge is 0.163 e. The van der Waals surface area contributed by atoms with Crippen LogP contribution in [0.15, 0.2) is 96.2 Å². The van der Waals surface area contributed by atoms with E-state index in [2.05, 4.69) is 65.2 Å². The van der Waals surface area contributed by atoms with Gasteiger partial charge in [-0.05, 0) is 78.4 Å². The van der Waals surface area contributed by atoms with Crippen LogP contribution < -0.4 is 20.1 Å². The Hall–Kier alpha value is -4.25. The van der Waals surface area contributed by atoms with Crippen molar-refractivity contribution in [1.29, 1.82) is 0 Å². The van der Waals surface area contributed by atoms with Gasteiger partial charge >= 0.3 is 0 Å². The van der Waals surface area contributed by atoms with Gasteiger partial charge < -0.3 is 20.1 Å². The highest BCUT2D eigenvalue weighted by Crippen LogP contribution is 2.45. The molecule has 5 heteroatoms. The highest BCUT2D eigenvalue weighted by atomic mass is 16.5. The Bertz CT molecular complexity index is 1560. The number of methoxy groups -OCH3 is 1. The van der Waals surface area contributed by atoms with E-state index >= 15 is 0 Å². The van der Waals surface area contributed by atoms with E-state index in [9.17, 15) is 4.79 Å². The summed E-state index contributed by atoms with van der Waals surface area (Å²) in [5, 5.41) is 9.68. The Morgan fingerprint density at radius 3 is 2.32 bits per heavy atom. The van der Waals surface area contributed by atoms with Gasteiger partial charge in [0, 0.05) is 17.7 Å². The third-order valence-corrected chi connectivity index (χ3v) is 7.44. The zero-order valence-electron chi connectivity index (χ0n) is 22.0. The lowest BCUT2D eigenvalue weighted by Gasteiger charge is -2.30. The van der Waals surface area contributed by atoms with Gasteiger partial charge in [0.15, 0.2) is 17.3 Å². The van der Waals surface area contributed by atoms with E-state index in [4.69, 9.17) is 9.47 Å². The molecule has 1 heterocycles. The predicted octanol–water partition coefficient (Wildman–Crippen LogP) is 7.62. The van der Waals surface area contributed by atoms with E-state index in [1.54, 1.807) is 7.11 Å². The summed E-state index contributed by atoms with van der Waals surface area (Å²) >= 11 is 0. The molecule has 1 aliphatic heterocycles. The van der Waals surface area contributed by atoms with Crippen molar-refractivity contribution in [3.05, 3.63) is 107 Å². The molecule has 38 heavy (non-hydrogen) atoms. The van der Waals surface area contributed by atoms with Crippen LogP contribution in [-0.2, 0) is 4.79 Å². The summed E-state index contributed by atoms with van der Waals surface area (Å²) in [6, 6.07) is 28.8. The van der Waals surface area contributed by atoms with E-state index in [-0.39, 0.29) is 23.8 Å². The molecular weight excluding hydrogens is 472 g/mol. The maximum Gasteiger partial charge on any atom is 0.163 e. The van der Waals surface area contributed by atoms with Crippen molar-refractivity contribution in [3.8, 4) is 11.5 Å². The summed E-state index contributed by atoms with van der Waals surface area (Å²) in [7, 11) is 1.66. The zero-order chi connectivity index (χ0) is 26.2. The number of para-hydroxylation sites is 2. The molecule has 192 valence electrons. The summed E-state index contributed by atoms with van der Waals surface area (Å²) in [6.45, 7) is 3.99. The van der Waals surface area contributed by atoms with Crippen LogP contribution in [0, 0.1) is 0 Å². The first-order chi connectivity index (χ1) is 18.5. The molecule has 2 atom stereocenters. The van der Waals surface area contributed by atoms with Crippen molar-refractivity contribution in [2.45, 2.75) is 44.8 Å². The van der Waals surface area contributed by atoms with Gasteiger partial charge in [-0.15, -0.1) is 0 Å². The SMILES string of the molecule is COc1cc(C2CC(=O)C3=C(C2)Nc2ccccc2NC3c2ccc3ccccc3c2)ccc1OC(C)C. The van der Waals surface area contributed by atoms with Gasteiger partial charge in [0.25, 0.3) is 0 Å². The first-order valence-electron chi connectivity index (χ1n) is 13.2. The minimum atomic E-state index is -0.240. The number of hydrogen-bond donors (Lipinski definition) is 2. The molecule has 2 N–H and O–H groups in total. The standard InChI is InChI=1S/C33H32N2O3/c1-20(2)38-30-15-14-23(19-31(30)37-3)25-17-28-32(29(36)18-25)33(35-27-11-7-6-10-26(27)34-28)24-13-12-21-8-4-5-9-22(21)16-24/h4-16,19-20,25,33-35H,17-18H2,1-3H3. The summed E-state index contributed by atoms with van der Waals surface area (Å²) in [5.41, 5.74) is 5.92. The van der Waals surface area contributed by atoms with Crippen LogP contribution in [0.25, 0.3) is 10.8 Å². The summed E-state index contributed by atoms with van der Waals surface area (Å²) in [5.74, 6) is 1.61. The van der Waals surface area contributed by atoms with Crippen LogP contribution >= 0.6 is 0 Å². The molecular formula is C33H32N2O3. The second-order valence-electron chi connectivity index (χ2n) is 10.4. The summed E-state index contributed by atoms with van der Waals surface area (Å²) < 4.78 is 11.6. The Morgan fingerprint density at radius 2 is 1.53 bits per heavy atom. The molecule has 4 aromatic carbocycles. The second-order valence-corrected chi connectivity index (χ2v) is 10.4.